The topological polar surface area (TPSA) is 42.4 Å². The number of alkyl halides is 1. The van der Waals surface area contributed by atoms with Crippen LogP contribution >= 0.6 is 27.3 Å². The fourth-order valence-electron chi connectivity index (χ4n) is 1.62. The molecular formula is C10H13BrN2O2S. The highest BCUT2D eigenvalue weighted by Gasteiger charge is 2.25. The van der Waals surface area contributed by atoms with Gasteiger partial charge < -0.3 is 9.64 Å². The van der Waals surface area contributed by atoms with Crippen LogP contribution in [0.3, 0.4) is 0 Å². The van der Waals surface area contributed by atoms with Crippen molar-refractivity contribution in [2.45, 2.75) is 13.0 Å². The Balaban J connectivity index is 2.04. The number of aromatic nitrogens is 1. The molecule has 0 N–H and O–H groups in total. The van der Waals surface area contributed by atoms with Crippen molar-refractivity contribution < 1.29 is 9.53 Å². The maximum Gasteiger partial charge on any atom is 0.273 e. The highest BCUT2D eigenvalue weighted by atomic mass is 79.9. The van der Waals surface area contributed by atoms with Gasteiger partial charge in [0.1, 0.15) is 5.69 Å². The number of carbonyl (C=O) groups excluding carboxylic acids is 1. The van der Waals surface area contributed by atoms with Crippen molar-refractivity contribution in [2.75, 3.05) is 25.0 Å². The first kappa shape index (κ1) is 12.0. The lowest BCUT2D eigenvalue weighted by Crippen LogP contribution is -2.46. The molecule has 1 aliphatic rings. The molecule has 1 aromatic heterocycles. The van der Waals surface area contributed by atoms with E-state index in [9.17, 15) is 4.79 Å². The Hall–Kier alpha value is -0.460. The van der Waals surface area contributed by atoms with Crippen LogP contribution < -0.4 is 0 Å². The summed E-state index contributed by atoms with van der Waals surface area (Å²) in [5, 5.41) is 3.50. The molecule has 4 nitrogen and oxygen atoms in total. The number of thiazole rings is 1. The molecule has 6 heteroatoms. The third-order valence-corrected chi connectivity index (χ3v) is 3.93. The van der Waals surface area contributed by atoms with Crippen LogP contribution in [0.4, 0.5) is 0 Å². The maximum atomic E-state index is 12.1. The minimum absolute atomic E-state index is 0.0126. The van der Waals surface area contributed by atoms with Crippen molar-refractivity contribution in [1.82, 2.24) is 9.88 Å². The molecule has 1 atom stereocenters. The molecule has 1 aliphatic heterocycles. The van der Waals surface area contributed by atoms with E-state index < -0.39 is 0 Å². The lowest BCUT2D eigenvalue weighted by atomic mass is 10.3. The predicted octanol–water partition coefficient (Wildman–Crippen LogP) is 1.69. The first-order valence-electron chi connectivity index (χ1n) is 5.09. The van der Waals surface area contributed by atoms with Crippen molar-refractivity contribution in [3.8, 4) is 0 Å². The largest absolute Gasteiger partial charge is 0.374 e. The minimum atomic E-state index is 0.0126. The van der Waals surface area contributed by atoms with Gasteiger partial charge in [-0.15, -0.1) is 11.3 Å². The molecule has 2 rings (SSSR count). The van der Waals surface area contributed by atoms with E-state index in [4.69, 9.17) is 4.74 Å². The molecule has 0 saturated carbocycles. The lowest BCUT2D eigenvalue weighted by molar-refractivity contribution is -0.00984. The van der Waals surface area contributed by atoms with E-state index in [1.165, 1.54) is 11.3 Å². The Bertz CT molecular complexity index is 383. The zero-order chi connectivity index (χ0) is 11.5. The summed E-state index contributed by atoms with van der Waals surface area (Å²) in [5.41, 5.74) is 0.553. The summed E-state index contributed by atoms with van der Waals surface area (Å²) in [6.45, 7) is 3.80. The molecular weight excluding hydrogens is 292 g/mol. The summed E-state index contributed by atoms with van der Waals surface area (Å²) < 4.78 is 5.49. The molecule has 1 unspecified atom stereocenters. The molecule has 1 saturated heterocycles. The number of ether oxygens (including phenoxy) is 1. The number of carbonyl (C=O) groups is 1. The number of aryl methyl sites for hydroxylation is 1. The summed E-state index contributed by atoms with van der Waals surface area (Å²) in [6.07, 6.45) is 0.0948. The minimum Gasteiger partial charge on any atom is -0.374 e. The molecule has 0 bridgehead atoms. The van der Waals surface area contributed by atoms with Gasteiger partial charge in [-0.25, -0.2) is 4.98 Å². The summed E-state index contributed by atoms with van der Waals surface area (Å²) >= 11 is 4.88. The van der Waals surface area contributed by atoms with E-state index in [-0.39, 0.29) is 12.0 Å². The smallest absolute Gasteiger partial charge is 0.273 e. The van der Waals surface area contributed by atoms with Gasteiger partial charge in [0.25, 0.3) is 5.91 Å². The van der Waals surface area contributed by atoms with Crippen LogP contribution in [0.25, 0.3) is 0 Å². The second-order valence-electron chi connectivity index (χ2n) is 3.65. The quantitative estimate of drug-likeness (QED) is 0.781. The summed E-state index contributed by atoms with van der Waals surface area (Å²) in [7, 11) is 0. The number of halogens is 1. The Labute approximate surface area is 107 Å². The second-order valence-corrected chi connectivity index (χ2v) is 5.36. The van der Waals surface area contributed by atoms with Gasteiger partial charge in [-0.2, -0.15) is 0 Å². The number of nitrogens with zero attached hydrogens (tertiary/aromatic N) is 2. The van der Waals surface area contributed by atoms with Crippen LogP contribution in [-0.4, -0.2) is 46.9 Å². The SMILES string of the molecule is Cc1nc(C(=O)N2CCOC(CBr)C2)cs1. The molecule has 2 heterocycles. The molecule has 1 fully saturated rings. The summed E-state index contributed by atoms with van der Waals surface area (Å²) in [5.74, 6) is 0.0126. The van der Waals surface area contributed by atoms with E-state index in [0.717, 1.165) is 10.3 Å². The van der Waals surface area contributed by atoms with Gasteiger partial charge in [-0.3, -0.25) is 4.79 Å². The van der Waals surface area contributed by atoms with Gasteiger partial charge >= 0.3 is 0 Å². The first-order valence-corrected chi connectivity index (χ1v) is 7.10. The van der Waals surface area contributed by atoms with Crippen molar-refractivity contribution in [2.24, 2.45) is 0 Å². The Kier molecular flexibility index (Phi) is 3.94. The number of amides is 1. The average molecular weight is 305 g/mol. The van der Waals surface area contributed by atoms with E-state index in [0.29, 0.717) is 25.4 Å². The van der Waals surface area contributed by atoms with Crippen molar-refractivity contribution in [3.63, 3.8) is 0 Å². The number of rotatable bonds is 2. The van der Waals surface area contributed by atoms with Crippen molar-refractivity contribution in [3.05, 3.63) is 16.1 Å². The highest BCUT2D eigenvalue weighted by molar-refractivity contribution is 9.09. The van der Waals surface area contributed by atoms with Crippen LogP contribution in [0.5, 0.6) is 0 Å². The number of hydrogen-bond donors (Lipinski definition) is 0. The molecule has 0 aliphatic carbocycles. The molecule has 16 heavy (non-hydrogen) atoms. The summed E-state index contributed by atoms with van der Waals surface area (Å²) in [6, 6.07) is 0. The van der Waals surface area contributed by atoms with Crippen LogP contribution in [-0.2, 0) is 4.74 Å². The molecule has 0 radical (unpaired) electrons. The van der Waals surface area contributed by atoms with Gasteiger partial charge in [0.15, 0.2) is 0 Å². The zero-order valence-electron chi connectivity index (χ0n) is 8.98. The Morgan fingerprint density at radius 3 is 3.25 bits per heavy atom. The van der Waals surface area contributed by atoms with Gasteiger partial charge in [0.2, 0.25) is 0 Å². The van der Waals surface area contributed by atoms with E-state index in [1.54, 1.807) is 0 Å². The highest BCUT2D eigenvalue weighted by Crippen LogP contribution is 2.14. The summed E-state index contributed by atoms with van der Waals surface area (Å²) in [4.78, 5) is 18.1. The zero-order valence-corrected chi connectivity index (χ0v) is 11.4. The predicted molar refractivity (Wildman–Crippen MR) is 66.3 cm³/mol. The Morgan fingerprint density at radius 2 is 2.62 bits per heavy atom. The van der Waals surface area contributed by atoms with Gasteiger partial charge in [-0.1, -0.05) is 15.9 Å². The monoisotopic (exact) mass is 304 g/mol. The Morgan fingerprint density at radius 1 is 1.81 bits per heavy atom. The lowest BCUT2D eigenvalue weighted by Gasteiger charge is -2.31. The average Bonchev–Trinajstić information content (AvgIpc) is 2.75. The molecule has 0 aromatic carbocycles. The van der Waals surface area contributed by atoms with E-state index >= 15 is 0 Å². The third kappa shape index (κ3) is 2.61. The van der Waals surface area contributed by atoms with Crippen molar-refractivity contribution >= 4 is 33.2 Å². The first-order chi connectivity index (χ1) is 7.70. The van der Waals surface area contributed by atoms with Crippen LogP contribution in [0, 0.1) is 6.92 Å². The number of hydrogen-bond acceptors (Lipinski definition) is 4. The molecule has 88 valence electrons. The van der Waals surface area contributed by atoms with Gasteiger partial charge in [0, 0.05) is 23.8 Å². The van der Waals surface area contributed by atoms with Crippen LogP contribution in [0.1, 0.15) is 15.5 Å². The van der Waals surface area contributed by atoms with E-state index in [1.807, 2.05) is 17.2 Å². The second kappa shape index (κ2) is 5.25. The van der Waals surface area contributed by atoms with Gasteiger partial charge in [-0.05, 0) is 6.92 Å². The molecule has 0 spiro atoms. The molecule has 1 aromatic rings. The van der Waals surface area contributed by atoms with Crippen LogP contribution in [0.15, 0.2) is 5.38 Å². The number of morpholine rings is 1. The fourth-order valence-corrected chi connectivity index (χ4v) is 2.60. The standard InChI is InChI=1S/C10H13BrN2O2S/c1-7-12-9(6-16-7)10(14)13-2-3-15-8(4-11)5-13/h6,8H,2-5H2,1H3. The van der Waals surface area contributed by atoms with E-state index in [2.05, 4.69) is 20.9 Å². The molecule has 1 amide bonds. The van der Waals surface area contributed by atoms with Crippen LogP contribution in [0.2, 0.25) is 0 Å². The van der Waals surface area contributed by atoms with Gasteiger partial charge in [0.05, 0.1) is 17.7 Å². The normalized spacial score (nSPS) is 21.1. The van der Waals surface area contributed by atoms with Crippen molar-refractivity contribution in [1.29, 1.82) is 0 Å². The maximum absolute atomic E-state index is 12.1. The third-order valence-electron chi connectivity index (χ3n) is 2.44. The fraction of sp³-hybridized carbons (Fsp3) is 0.600.